The summed E-state index contributed by atoms with van der Waals surface area (Å²) in [5.41, 5.74) is 7.23. The largest absolute Gasteiger partial charge is 0.480 e. The number of fused-ring (bicyclic) bond motifs is 1. The molecule has 4 rings (SSSR count). The molecular weight excluding hydrogens is 505 g/mol. The van der Waals surface area contributed by atoms with Crippen molar-refractivity contribution < 1.29 is 29.0 Å². The molecular formula is C28H40N3O6P. The molecule has 1 saturated heterocycles. The van der Waals surface area contributed by atoms with Gasteiger partial charge in [-0.2, -0.15) is 0 Å². The first-order valence-electron chi connectivity index (χ1n) is 13.1. The van der Waals surface area contributed by atoms with Crippen LogP contribution >= 0.6 is 7.60 Å². The monoisotopic (exact) mass is 545 g/mol. The molecule has 2 aliphatic rings. The highest BCUT2D eigenvalue weighted by Gasteiger charge is 2.39. The number of rotatable bonds is 8. The highest BCUT2D eigenvalue weighted by molar-refractivity contribution is 7.51. The summed E-state index contributed by atoms with van der Waals surface area (Å²) in [6, 6.07) is 19.6. The van der Waals surface area contributed by atoms with Crippen molar-refractivity contribution in [3.63, 3.8) is 0 Å². The van der Waals surface area contributed by atoms with Gasteiger partial charge in [-0.25, -0.2) is 0 Å². The second-order valence-corrected chi connectivity index (χ2v) is 12.4. The normalized spacial score (nSPS) is 24.6. The molecule has 2 aromatic carbocycles. The van der Waals surface area contributed by atoms with Crippen molar-refractivity contribution in [3.8, 4) is 0 Å². The number of benzene rings is 2. The number of nitrogens with two attached hydrogens (primary N) is 1. The van der Waals surface area contributed by atoms with Gasteiger partial charge in [-0.1, -0.05) is 60.7 Å². The van der Waals surface area contributed by atoms with Crippen LogP contribution in [-0.2, 0) is 26.1 Å². The van der Waals surface area contributed by atoms with Crippen LogP contribution in [0.5, 0.6) is 0 Å². The molecule has 7 N–H and O–H groups in total. The van der Waals surface area contributed by atoms with Gasteiger partial charge >= 0.3 is 13.6 Å². The predicted octanol–water partition coefficient (Wildman–Crippen LogP) is 2.86. The second kappa shape index (κ2) is 13.5. The quantitative estimate of drug-likeness (QED) is 0.276. The standard InChI is InChI=1S/C17H20N2O.C11H20NO5P/c1-17(19-16(20)13-18,15-10-6-3-7-11-15)12-14-8-4-2-5-9-14;13-11(14)10-4-9-3-7(6-18(15,16)17)1-2-8(9)5-12-10/h2-11H,12-13,18H2,1H3,(H,19,20);7-10,12H,1-6H2,(H,13,14)(H2,15,16,17). The van der Waals surface area contributed by atoms with Crippen LogP contribution in [0.2, 0.25) is 0 Å². The Morgan fingerprint density at radius 2 is 1.66 bits per heavy atom. The van der Waals surface area contributed by atoms with E-state index in [0.717, 1.165) is 31.2 Å². The first-order valence-corrected chi connectivity index (χ1v) is 14.9. The summed E-state index contributed by atoms with van der Waals surface area (Å²) >= 11 is 0. The zero-order chi connectivity index (χ0) is 27.8. The fourth-order valence-corrected chi connectivity index (χ4v) is 6.74. The average molecular weight is 546 g/mol. The molecule has 9 nitrogen and oxygen atoms in total. The molecule has 2 fully saturated rings. The van der Waals surface area contributed by atoms with Crippen molar-refractivity contribution in [2.24, 2.45) is 23.5 Å². The van der Waals surface area contributed by atoms with Gasteiger partial charge in [-0.15, -0.1) is 0 Å². The summed E-state index contributed by atoms with van der Waals surface area (Å²) in [7, 11) is -3.95. The molecule has 0 bridgehead atoms. The van der Waals surface area contributed by atoms with E-state index in [2.05, 4.69) is 22.8 Å². The van der Waals surface area contributed by atoms with Crippen molar-refractivity contribution in [2.45, 2.75) is 50.6 Å². The third kappa shape index (κ3) is 9.03. The number of aliphatic carboxylic acids is 1. The van der Waals surface area contributed by atoms with Gasteiger partial charge in [-0.05, 0) is 74.5 Å². The van der Waals surface area contributed by atoms with E-state index in [-0.39, 0.29) is 30.4 Å². The van der Waals surface area contributed by atoms with E-state index in [0.29, 0.717) is 18.9 Å². The molecule has 10 heteroatoms. The van der Waals surface area contributed by atoms with Crippen LogP contribution in [0.3, 0.4) is 0 Å². The topological polar surface area (TPSA) is 162 Å². The number of hydrogen-bond donors (Lipinski definition) is 6. The maximum atomic E-state index is 11.8. The molecule has 1 amide bonds. The molecule has 5 unspecified atom stereocenters. The molecule has 1 aliphatic carbocycles. The Morgan fingerprint density at radius 3 is 2.24 bits per heavy atom. The Balaban J connectivity index is 0.000000212. The SMILES string of the molecule is CC(Cc1ccccc1)(NC(=O)CN)c1ccccc1.O=C(O)C1CC2CC(CP(=O)(O)O)CCC2CN1. The van der Waals surface area contributed by atoms with Gasteiger partial charge in [0.25, 0.3) is 0 Å². The summed E-state index contributed by atoms with van der Waals surface area (Å²) in [5.74, 6) is -0.177. The van der Waals surface area contributed by atoms with Gasteiger partial charge in [-0.3, -0.25) is 14.2 Å². The Labute approximate surface area is 224 Å². The third-order valence-electron chi connectivity index (χ3n) is 7.62. The second-order valence-electron chi connectivity index (χ2n) is 10.7. The first-order chi connectivity index (χ1) is 18.0. The lowest BCUT2D eigenvalue weighted by atomic mass is 9.70. The van der Waals surface area contributed by atoms with Crippen LogP contribution in [0.15, 0.2) is 60.7 Å². The number of hydrogen-bond acceptors (Lipinski definition) is 5. The fourth-order valence-electron chi connectivity index (χ4n) is 5.74. The molecule has 38 heavy (non-hydrogen) atoms. The zero-order valence-electron chi connectivity index (χ0n) is 21.8. The van der Waals surface area contributed by atoms with Crippen LogP contribution in [-0.4, -0.2) is 52.1 Å². The molecule has 1 saturated carbocycles. The number of piperidine rings is 1. The number of nitrogens with one attached hydrogen (secondary N) is 2. The molecule has 2 aromatic rings. The van der Waals surface area contributed by atoms with Crippen molar-refractivity contribution in [1.29, 1.82) is 0 Å². The Hall–Kier alpha value is -2.55. The number of carbonyl (C=O) groups excluding carboxylic acids is 1. The maximum Gasteiger partial charge on any atom is 0.325 e. The van der Waals surface area contributed by atoms with Crippen LogP contribution < -0.4 is 16.4 Å². The zero-order valence-corrected chi connectivity index (χ0v) is 22.7. The van der Waals surface area contributed by atoms with Crippen LogP contribution in [0.1, 0.15) is 43.7 Å². The molecule has 1 heterocycles. The molecule has 0 spiro atoms. The van der Waals surface area contributed by atoms with Crippen molar-refractivity contribution in [3.05, 3.63) is 71.8 Å². The van der Waals surface area contributed by atoms with E-state index >= 15 is 0 Å². The summed E-state index contributed by atoms with van der Waals surface area (Å²) < 4.78 is 11.0. The Bertz CT molecular complexity index is 1100. The minimum absolute atomic E-state index is 0.00276. The highest BCUT2D eigenvalue weighted by atomic mass is 31.2. The predicted molar refractivity (Wildman–Crippen MR) is 146 cm³/mol. The molecule has 1 aliphatic heterocycles. The van der Waals surface area contributed by atoms with Gasteiger partial charge in [0.2, 0.25) is 5.91 Å². The third-order valence-corrected chi connectivity index (χ3v) is 8.61. The molecule has 0 aromatic heterocycles. The number of carboxylic acids is 1. The van der Waals surface area contributed by atoms with E-state index in [4.69, 9.17) is 20.6 Å². The average Bonchev–Trinajstić information content (AvgIpc) is 2.88. The Morgan fingerprint density at radius 1 is 1.03 bits per heavy atom. The van der Waals surface area contributed by atoms with Crippen molar-refractivity contribution in [1.82, 2.24) is 10.6 Å². The maximum absolute atomic E-state index is 11.8. The fraction of sp³-hybridized carbons (Fsp3) is 0.500. The lowest BCUT2D eigenvalue weighted by Gasteiger charge is -2.41. The smallest absolute Gasteiger partial charge is 0.325 e. The molecule has 208 valence electrons. The van der Waals surface area contributed by atoms with Crippen LogP contribution in [0.4, 0.5) is 0 Å². The minimum Gasteiger partial charge on any atom is -0.480 e. The summed E-state index contributed by atoms with van der Waals surface area (Å²) in [6.07, 6.45) is 3.78. The van der Waals surface area contributed by atoms with Gasteiger partial charge in [0, 0.05) is 0 Å². The Kier molecular flexibility index (Phi) is 10.7. The van der Waals surface area contributed by atoms with Gasteiger partial charge in [0.05, 0.1) is 18.2 Å². The number of carbonyl (C=O) groups is 2. The van der Waals surface area contributed by atoms with Crippen molar-refractivity contribution in [2.75, 3.05) is 19.3 Å². The molecule has 5 atom stereocenters. The van der Waals surface area contributed by atoms with Gasteiger partial charge in [0.15, 0.2) is 0 Å². The van der Waals surface area contributed by atoms with Crippen LogP contribution in [0, 0.1) is 17.8 Å². The van der Waals surface area contributed by atoms with Gasteiger partial charge in [0.1, 0.15) is 6.04 Å². The van der Waals surface area contributed by atoms with Crippen LogP contribution in [0.25, 0.3) is 0 Å². The lowest BCUT2D eigenvalue weighted by molar-refractivity contribution is -0.141. The van der Waals surface area contributed by atoms with E-state index < -0.39 is 25.1 Å². The van der Waals surface area contributed by atoms with Gasteiger partial charge < -0.3 is 31.3 Å². The van der Waals surface area contributed by atoms with E-state index in [1.807, 2.05) is 55.5 Å². The lowest BCUT2D eigenvalue weighted by Crippen LogP contribution is -2.49. The molecule has 0 radical (unpaired) electrons. The minimum atomic E-state index is -3.95. The van der Waals surface area contributed by atoms with E-state index in [9.17, 15) is 14.2 Å². The van der Waals surface area contributed by atoms with Crippen molar-refractivity contribution >= 4 is 19.5 Å². The highest BCUT2D eigenvalue weighted by Crippen LogP contribution is 2.45. The first kappa shape index (κ1) is 30.0. The van der Waals surface area contributed by atoms with E-state index in [1.165, 1.54) is 5.56 Å². The number of carboxylic acid groups (broad SMARTS) is 1. The summed E-state index contributed by atoms with van der Waals surface area (Å²) in [5, 5.41) is 15.1. The van der Waals surface area contributed by atoms with E-state index in [1.54, 1.807) is 0 Å². The summed E-state index contributed by atoms with van der Waals surface area (Å²) in [4.78, 5) is 40.7. The number of amides is 1. The summed E-state index contributed by atoms with van der Waals surface area (Å²) in [6.45, 7) is 2.74.